The van der Waals surface area contributed by atoms with E-state index in [2.05, 4.69) is 35.6 Å². The van der Waals surface area contributed by atoms with Crippen LogP contribution in [-0.4, -0.2) is 58.1 Å². The first-order valence-electron chi connectivity index (χ1n) is 7.61. The lowest BCUT2D eigenvalue weighted by Gasteiger charge is -2.42. The van der Waals surface area contributed by atoms with Gasteiger partial charge in [0.25, 0.3) is 0 Å². The van der Waals surface area contributed by atoms with E-state index in [-0.39, 0.29) is 6.04 Å². The molecule has 1 aliphatic rings. The Labute approximate surface area is 126 Å². The number of piperazine rings is 1. The minimum absolute atomic E-state index is 0.209. The quantitative estimate of drug-likeness (QED) is 0.897. The molecule has 1 N–H and O–H groups in total. The molecule has 0 spiro atoms. The van der Waals surface area contributed by atoms with Crippen molar-refractivity contribution in [2.24, 2.45) is 5.92 Å². The summed E-state index contributed by atoms with van der Waals surface area (Å²) in [6, 6.07) is 5.01. The zero-order valence-electron chi connectivity index (χ0n) is 13.1. The number of carboxylic acids is 1. The molecule has 1 saturated heterocycles. The molecule has 0 saturated carbocycles. The first-order chi connectivity index (χ1) is 9.99. The van der Waals surface area contributed by atoms with Crippen molar-refractivity contribution in [2.75, 3.05) is 26.2 Å². The molecular formula is C16H25N3O2. The lowest BCUT2D eigenvalue weighted by Crippen LogP contribution is -2.54. The minimum Gasteiger partial charge on any atom is -0.480 e. The maximum atomic E-state index is 11.7. The van der Waals surface area contributed by atoms with Crippen LogP contribution in [0.1, 0.15) is 32.5 Å². The van der Waals surface area contributed by atoms with Gasteiger partial charge in [0.05, 0.1) is 5.69 Å². The largest absolute Gasteiger partial charge is 0.480 e. The van der Waals surface area contributed by atoms with E-state index < -0.39 is 12.0 Å². The van der Waals surface area contributed by atoms with E-state index in [0.717, 1.165) is 26.2 Å². The van der Waals surface area contributed by atoms with Crippen molar-refractivity contribution in [3.63, 3.8) is 0 Å². The molecule has 2 atom stereocenters. The van der Waals surface area contributed by atoms with Gasteiger partial charge in [-0.15, -0.1) is 0 Å². The van der Waals surface area contributed by atoms with Crippen molar-refractivity contribution in [3.05, 3.63) is 30.1 Å². The van der Waals surface area contributed by atoms with Gasteiger partial charge in [-0.05, 0) is 25.0 Å². The van der Waals surface area contributed by atoms with Gasteiger partial charge >= 0.3 is 5.97 Å². The van der Waals surface area contributed by atoms with Crippen LogP contribution in [0.4, 0.5) is 0 Å². The number of pyridine rings is 1. The van der Waals surface area contributed by atoms with Crippen LogP contribution in [-0.2, 0) is 4.79 Å². The molecule has 1 aliphatic heterocycles. The molecule has 1 aromatic rings. The predicted octanol–water partition coefficient (Wildman–Crippen LogP) is 1.87. The fourth-order valence-corrected chi connectivity index (χ4v) is 3.09. The van der Waals surface area contributed by atoms with Crippen LogP contribution in [0.2, 0.25) is 0 Å². The van der Waals surface area contributed by atoms with Gasteiger partial charge in [-0.3, -0.25) is 14.7 Å². The lowest BCUT2D eigenvalue weighted by molar-refractivity contribution is -0.146. The number of nitrogens with zero attached hydrogens (tertiary/aromatic N) is 3. The first kappa shape index (κ1) is 15.9. The van der Waals surface area contributed by atoms with Gasteiger partial charge in [0, 0.05) is 38.4 Å². The highest BCUT2D eigenvalue weighted by Gasteiger charge is 2.35. The van der Waals surface area contributed by atoms with Crippen LogP contribution in [0, 0.1) is 5.92 Å². The first-order valence-corrected chi connectivity index (χ1v) is 7.61. The summed E-state index contributed by atoms with van der Waals surface area (Å²) in [5, 5.41) is 9.61. The number of carboxylic acid groups (broad SMARTS) is 1. The van der Waals surface area contributed by atoms with Crippen molar-refractivity contribution in [2.45, 2.75) is 32.9 Å². The van der Waals surface area contributed by atoms with E-state index >= 15 is 0 Å². The maximum absolute atomic E-state index is 11.7. The summed E-state index contributed by atoms with van der Waals surface area (Å²) in [6.07, 6.45) is 1.66. The molecule has 116 valence electrons. The SMILES string of the molecule is CC(C)CN1CCN(C(C(=O)O)c2ccccn2)C(C)C1. The molecular weight excluding hydrogens is 266 g/mol. The van der Waals surface area contributed by atoms with Crippen LogP contribution in [0.5, 0.6) is 0 Å². The average molecular weight is 291 g/mol. The molecule has 0 aromatic carbocycles. The third-order valence-electron chi connectivity index (χ3n) is 3.92. The molecule has 0 amide bonds. The van der Waals surface area contributed by atoms with Crippen molar-refractivity contribution in [1.82, 2.24) is 14.8 Å². The van der Waals surface area contributed by atoms with Crippen LogP contribution in [0.25, 0.3) is 0 Å². The number of rotatable bonds is 5. The number of aliphatic carboxylic acids is 1. The highest BCUT2D eigenvalue weighted by molar-refractivity contribution is 5.75. The van der Waals surface area contributed by atoms with Crippen LogP contribution < -0.4 is 0 Å². The highest BCUT2D eigenvalue weighted by atomic mass is 16.4. The fourth-order valence-electron chi connectivity index (χ4n) is 3.09. The molecule has 21 heavy (non-hydrogen) atoms. The van der Waals surface area contributed by atoms with E-state index in [1.54, 1.807) is 12.3 Å². The van der Waals surface area contributed by atoms with Gasteiger partial charge in [-0.1, -0.05) is 19.9 Å². The molecule has 0 radical (unpaired) electrons. The third-order valence-corrected chi connectivity index (χ3v) is 3.92. The lowest BCUT2D eigenvalue weighted by atomic mass is 10.1. The second-order valence-corrected chi connectivity index (χ2v) is 6.24. The van der Waals surface area contributed by atoms with E-state index in [0.29, 0.717) is 11.6 Å². The fraction of sp³-hybridized carbons (Fsp3) is 0.625. The van der Waals surface area contributed by atoms with Gasteiger partial charge in [-0.25, -0.2) is 0 Å². The van der Waals surface area contributed by atoms with E-state index in [1.165, 1.54) is 0 Å². The van der Waals surface area contributed by atoms with Crippen LogP contribution in [0.15, 0.2) is 24.4 Å². The third kappa shape index (κ3) is 4.02. The van der Waals surface area contributed by atoms with Gasteiger partial charge in [0.2, 0.25) is 0 Å². The van der Waals surface area contributed by atoms with Gasteiger partial charge in [0.1, 0.15) is 0 Å². The molecule has 2 heterocycles. The molecule has 5 nitrogen and oxygen atoms in total. The number of hydrogen-bond donors (Lipinski definition) is 1. The number of hydrogen-bond acceptors (Lipinski definition) is 4. The highest BCUT2D eigenvalue weighted by Crippen LogP contribution is 2.24. The predicted molar refractivity (Wildman–Crippen MR) is 82.1 cm³/mol. The summed E-state index contributed by atoms with van der Waals surface area (Å²) in [6.45, 7) is 10.2. The maximum Gasteiger partial charge on any atom is 0.327 e. The summed E-state index contributed by atoms with van der Waals surface area (Å²) in [5.74, 6) is -0.187. The Morgan fingerprint density at radius 1 is 1.43 bits per heavy atom. The zero-order valence-corrected chi connectivity index (χ0v) is 13.1. The zero-order chi connectivity index (χ0) is 15.4. The number of carbonyl (C=O) groups is 1. The molecule has 1 aromatic heterocycles. The number of aromatic nitrogens is 1. The van der Waals surface area contributed by atoms with Crippen molar-refractivity contribution in [3.8, 4) is 0 Å². The molecule has 5 heteroatoms. The Morgan fingerprint density at radius 2 is 2.19 bits per heavy atom. The molecule has 2 unspecified atom stereocenters. The van der Waals surface area contributed by atoms with Gasteiger partial charge in [0.15, 0.2) is 6.04 Å². The Kier molecular flexibility index (Phi) is 5.31. The Bertz CT molecular complexity index is 464. The Morgan fingerprint density at radius 3 is 2.71 bits per heavy atom. The summed E-state index contributed by atoms with van der Waals surface area (Å²) < 4.78 is 0. The standard InChI is InChI=1S/C16H25N3O2/c1-12(2)10-18-8-9-19(13(3)11-18)15(16(20)21)14-6-4-5-7-17-14/h4-7,12-13,15H,8-11H2,1-3H3,(H,20,21). The summed E-state index contributed by atoms with van der Waals surface area (Å²) in [7, 11) is 0. The van der Waals surface area contributed by atoms with Crippen molar-refractivity contribution in [1.29, 1.82) is 0 Å². The monoisotopic (exact) mass is 291 g/mol. The Balaban J connectivity index is 2.11. The molecule has 0 bridgehead atoms. The topological polar surface area (TPSA) is 56.7 Å². The normalized spacial score (nSPS) is 22.4. The molecule has 2 rings (SSSR count). The van der Waals surface area contributed by atoms with E-state index in [9.17, 15) is 9.90 Å². The Hall–Kier alpha value is -1.46. The van der Waals surface area contributed by atoms with E-state index in [1.807, 2.05) is 12.1 Å². The van der Waals surface area contributed by atoms with Gasteiger partial charge in [-0.2, -0.15) is 0 Å². The van der Waals surface area contributed by atoms with Crippen molar-refractivity contribution < 1.29 is 9.90 Å². The summed E-state index contributed by atoms with van der Waals surface area (Å²) in [4.78, 5) is 20.4. The van der Waals surface area contributed by atoms with Crippen molar-refractivity contribution >= 4 is 5.97 Å². The smallest absolute Gasteiger partial charge is 0.327 e. The van der Waals surface area contributed by atoms with Crippen LogP contribution in [0.3, 0.4) is 0 Å². The minimum atomic E-state index is -0.821. The second-order valence-electron chi connectivity index (χ2n) is 6.24. The summed E-state index contributed by atoms with van der Waals surface area (Å²) >= 11 is 0. The van der Waals surface area contributed by atoms with Crippen LogP contribution >= 0.6 is 0 Å². The van der Waals surface area contributed by atoms with E-state index in [4.69, 9.17) is 0 Å². The second kappa shape index (κ2) is 7.00. The molecule has 0 aliphatic carbocycles. The molecule has 1 fully saturated rings. The summed E-state index contributed by atoms with van der Waals surface area (Å²) in [5.41, 5.74) is 0.620. The average Bonchev–Trinajstić information content (AvgIpc) is 2.42. The van der Waals surface area contributed by atoms with Gasteiger partial charge < -0.3 is 10.0 Å².